The zero-order valence-corrected chi connectivity index (χ0v) is 12.7. The summed E-state index contributed by atoms with van der Waals surface area (Å²) in [7, 11) is 1.36. The predicted molar refractivity (Wildman–Crippen MR) is 80.0 cm³/mol. The number of halogens is 2. The summed E-state index contributed by atoms with van der Waals surface area (Å²) in [6.07, 6.45) is 0. The van der Waals surface area contributed by atoms with Gasteiger partial charge in [0.25, 0.3) is 0 Å². The fourth-order valence-electron chi connectivity index (χ4n) is 1.63. The van der Waals surface area contributed by atoms with Crippen LogP contribution in [-0.4, -0.2) is 28.2 Å². The van der Waals surface area contributed by atoms with E-state index >= 15 is 0 Å². The van der Waals surface area contributed by atoms with Gasteiger partial charge in [-0.1, -0.05) is 23.2 Å². The van der Waals surface area contributed by atoms with Gasteiger partial charge in [-0.25, -0.2) is 4.79 Å². The number of hydrogen-bond acceptors (Lipinski definition) is 5. The minimum absolute atomic E-state index is 0.0411. The Bertz CT molecular complexity index is 707. The van der Waals surface area contributed by atoms with Crippen molar-refractivity contribution in [3.63, 3.8) is 0 Å². The molecule has 0 bridgehead atoms. The van der Waals surface area contributed by atoms with Crippen molar-refractivity contribution >= 4 is 40.7 Å². The number of methoxy groups -OCH3 is 1. The van der Waals surface area contributed by atoms with E-state index in [1.54, 1.807) is 25.1 Å². The topological polar surface area (TPSA) is 84.3 Å². The van der Waals surface area contributed by atoms with Crippen molar-refractivity contribution in [1.82, 2.24) is 9.97 Å². The molecule has 110 valence electrons. The van der Waals surface area contributed by atoms with Crippen LogP contribution in [0.4, 0.5) is 11.5 Å². The highest BCUT2D eigenvalue weighted by molar-refractivity contribution is 6.42. The van der Waals surface area contributed by atoms with Gasteiger partial charge in [-0.3, -0.25) is 0 Å². The van der Waals surface area contributed by atoms with E-state index in [0.717, 1.165) is 0 Å². The van der Waals surface area contributed by atoms with Crippen molar-refractivity contribution in [2.75, 3.05) is 12.4 Å². The van der Waals surface area contributed by atoms with E-state index in [9.17, 15) is 4.79 Å². The molecule has 0 saturated heterocycles. The summed E-state index contributed by atoms with van der Waals surface area (Å²) in [4.78, 5) is 19.1. The van der Waals surface area contributed by atoms with Crippen LogP contribution < -0.4 is 10.1 Å². The summed E-state index contributed by atoms with van der Waals surface area (Å²) in [5.41, 5.74) is 0.864. The van der Waals surface area contributed by atoms with Crippen molar-refractivity contribution in [2.45, 2.75) is 6.92 Å². The molecule has 2 N–H and O–H groups in total. The van der Waals surface area contributed by atoms with Crippen LogP contribution in [0.25, 0.3) is 0 Å². The van der Waals surface area contributed by atoms with Gasteiger partial charge in [0, 0.05) is 11.3 Å². The standard InChI is InChI=1S/C13H11Cl2N3O3/c1-6-10(12(19)20)17-13(21-2)18-11(6)16-7-3-4-8(14)9(15)5-7/h3-5H,1-2H3,(H,19,20)(H,16,17,18). The molecule has 21 heavy (non-hydrogen) atoms. The molecule has 0 saturated carbocycles. The highest BCUT2D eigenvalue weighted by atomic mass is 35.5. The van der Waals surface area contributed by atoms with Gasteiger partial charge in [0.2, 0.25) is 0 Å². The first-order valence-corrected chi connectivity index (χ1v) is 6.56. The lowest BCUT2D eigenvalue weighted by atomic mass is 10.2. The molecule has 0 aliphatic rings. The summed E-state index contributed by atoms with van der Waals surface area (Å²) < 4.78 is 4.91. The largest absolute Gasteiger partial charge is 0.476 e. The molecule has 8 heteroatoms. The Balaban J connectivity index is 2.45. The van der Waals surface area contributed by atoms with Crippen LogP contribution in [0.2, 0.25) is 10.0 Å². The zero-order chi connectivity index (χ0) is 15.6. The van der Waals surface area contributed by atoms with E-state index in [1.807, 2.05) is 0 Å². The average Bonchev–Trinajstić information content (AvgIpc) is 2.44. The second-order valence-corrected chi connectivity index (χ2v) is 4.91. The van der Waals surface area contributed by atoms with Crippen LogP contribution in [0.15, 0.2) is 18.2 Å². The number of carboxylic acids is 1. The summed E-state index contributed by atoms with van der Waals surface area (Å²) >= 11 is 11.8. The van der Waals surface area contributed by atoms with Gasteiger partial charge in [-0.15, -0.1) is 0 Å². The molecule has 0 aliphatic heterocycles. The zero-order valence-electron chi connectivity index (χ0n) is 11.1. The number of aromatic carboxylic acids is 1. The number of anilines is 2. The van der Waals surface area contributed by atoms with Crippen molar-refractivity contribution in [1.29, 1.82) is 0 Å². The Hall–Kier alpha value is -2.05. The maximum absolute atomic E-state index is 11.2. The van der Waals surface area contributed by atoms with Crippen LogP contribution in [0.5, 0.6) is 6.01 Å². The molecule has 1 heterocycles. The lowest BCUT2D eigenvalue weighted by Gasteiger charge is -2.12. The van der Waals surface area contributed by atoms with Crippen LogP contribution in [0.3, 0.4) is 0 Å². The molecule has 0 spiro atoms. The molecule has 6 nitrogen and oxygen atoms in total. The lowest BCUT2D eigenvalue weighted by molar-refractivity contribution is 0.0688. The van der Waals surface area contributed by atoms with Crippen molar-refractivity contribution in [2.24, 2.45) is 0 Å². The second kappa shape index (κ2) is 6.15. The predicted octanol–water partition coefficient (Wildman–Crippen LogP) is 3.54. The molecular formula is C13H11Cl2N3O3. The number of aromatic nitrogens is 2. The Morgan fingerprint density at radius 2 is 2.00 bits per heavy atom. The maximum atomic E-state index is 11.2. The Kier molecular flexibility index (Phi) is 4.50. The highest BCUT2D eigenvalue weighted by Crippen LogP contribution is 2.28. The molecule has 2 rings (SSSR count). The average molecular weight is 328 g/mol. The first-order valence-electron chi connectivity index (χ1n) is 5.80. The van der Waals surface area contributed by atoms with Crippen molar-refractivity contribution < 1.29 is 14.6 Å². The minimum Gasteiger partial charge on any atom is -0.476 e. The van der Waals surface area contributed by atoms with E-state index in [1.165, 1.54) is 7.11 Å². The van der Waals surface area contributed by atoms with E-state index in [0.29, 0.717) is 27.1 Å². The minimum atomic E-state index is -1.16. The molecule has 0 aliphatic carbocycles. The van der Waals surface area contributed by atoms with Gasteiger partial charge in [0.05, 0.1) is 17.2 Å². The lowest BCUT2D eigenvalue weighted by Crippen LogP contribution is -2.10. The van der Waals surface area contributed by atoms with E-state index in [4.69, 9.17) is 33.0 Å². The first kappa shape index (κ1) is 15.3. The van der Waals surface area contributed by atoms with Crippen molar-refractivity contribution in [3.8, 4) is 6.01 Å². The van der Waals surface area contributed by atoms with Gasteiger partial charge in [0.1, 0.15) is 5.82 Å². The monoisotopic (exact) mass is 327 g/mol. The molecule has 0 amide bonds. The first-order chi connectivity index (χ1) is 9.92. The smallest absolute Gasteiger partial charge is 0.355 e. The molecule has 2 aromatic rings. The molecular weight excluding hydrogens is 317 g/mol. The number of ether oxygens (including phenoxy) is 1. The third-order valence-electron chi connectivity index (χ3n) is 2.69. The van der Waals surface area contributed by atoms with E-state index in [-0.39, 0.29) is 11.7 Å². The Labute approximate surface area is 130 Å². The molecule has 0 radical (unpaired) electrons. The third-order valence-corrected chi connectivity index (χ3v) is 3.43. The van der Waals surface area contributed by atoms with Crippen LogP contribution >= 0.6 is 23.2 Å². The van der Waals surface area contributed by atoms with Crippen molar-refractivity contribution in [3.05, 3.63) is 39.5 Å². The van der Waals surface area contributed by atoms with Gasteiger partial charge >= 0.3 is 12.0 Å². The molecule has 0 atom stereocenters. The SMILES string of the molecule is COc1nc(Nc2ccc(Cl)c(Cl)c2)c(C)c(C(=O)O)n1. The number of nitrogens with zero attached hydrogens (tertiary/aromatic N) is 2. The fourth-order valence-corrected chi connectivity index (χ4v) is 1.93. The van der Waals surface area contributed by atoms with Gasteiger partial charge in [-0.2, -0.15) is 9.97 Å². The number of rotatable bonds is 4. The second-order valence-electron chi connectivity index (χ2n) is 4.09. The van der Waals surface area contributed by atoms with Gasteiger partial charge < -0.3 is 15.2 Å². The Morgan fingerprint density at radius 1 is 1.29 bits per heavy atom. The maximum Gasteiger partial charge on any atom is 0.355 e. The molecule has 1 aromatic carbocycles. The Morgan fingerprint density at radius 3 is 2.57 bits per heavy atom. The quantitative estimate of drug-likeness (QED) is 0.893. The fraction of sp³-hybridized carbons (Fsp3) is 0.154. The number of carbonyl (C=O) groups is 1. The van der Waals surface area contributed by atoms with Gasteiger partial charge in [-0.05, 0) is 25.1 Å². The summed E-state index contributed by atoms with van der Waals surface area (Å²) in [6, 6.07) is 4.89. The van der Waals surface area contributed by atoms with Crippen LogP contribution in [-0.2, 0) is 0 Å². The number of benzene rings is 1. The normalized spacial score (nSPS) is 10.3. The summed E-state index contributed by atoms with van der Waals surface area (Å²) in [6.45, 7) is 1.60. The number of hydrogen-bond donors (Lipinski definition) is 2. The highest BCUT2D eigenvalue weighted by Gasteiger charge is 2.17. The molecule has 0 fully saturated rings. The van der Waals surface area contributed by atoms with Gasteiger partial charge in [0.15, 0.2) is 5.69 Å². The van der Waals surface area contributed by atoms with E-state index in [2.05, 4.69) is 15.3 Å². The van der Waals surface area contributed by atoms with Crippen LogP contribution in [0, 0.1) is 6.92 Å². The molecule has 1 aromatic heterocycles. The summed E-state index contributed by atoms with van der Waals surface area (Å²) in [5.74, 6) is -0.844. The van der Waals surface area contributed by atoms with E-state index < -0.39 is 5.97 Å². The third kappa shape index (κ3) is 3.34. The summed E-state index contributed by atoms with van der Waals surface area (Å²) in [5, 5.41) is 12.9. The molecule has 0 unspecified atom stereocenters. The number of carboxylic acid groups (broad SMARTS) is 1. The van der Waals surface area contributed by atoms with Crippen LogP contribution in [0.1, 0.15) is 16.1 Å². The number of nitrogens with one attached hydrogen (secondary N) is 1.